The lowest BCUT2D eigenvalue weighted by atomic mass is 10.3. The SMILES string of the molecule is C=CCCCO[Si](OCC)(OCC)c1ccccc1. The average Bonchev–Trinajstić information content (AvgIpc) is 2.45. The van der Waals surface area contributed by atoms with Crippen LogP contribution in [-0.4, -0.2) is 28.6 Å². The first-order chi connectivity index (χ1) is 9.29. The van der Waals surface area contributed by atoms with E-state index in [-0.39, 0.29) is 0 Å². The molecule has 0 radical (unpaired) electrons. The van der Waals surface area contributed by atoms with Crippen LogP contribution in [0.3, 0.4) is 0 Å². The number of allylic oxidation sites excluding steroid dienone is 1. The van der Waals surface area contributed by atoms with Crippen molar-refractivity contribution in [1.29, 1.82) is 0 Å². The minimum Gasteiger partial charge on any atom is -0.370 e. The molecule has 0 bridgehead atoms. The molecule has 0 aliphatic rings. The quantitative estimate of drug-likeness (QED) is 0.375. The summed E-state index contributed by atoms with van der Waals surface area (Å²) >= 11 is 0. The van der Waals surface area contributed by atoms with E-state index in [1.54, 1.807) is 0 Å². The molecule has 0 saturated heterocycles. The highest BCUT2D eigenvalue weighted by Gasteiger charge is 2.43. The van der Waals surface area contributed by atoms with Crippen molar-refractivity contribution in [1.82, 2.24) is 0 Å². The summed E-state index contributed by atoms with van der Waals surface area (Å²) < 4.78 is 17.9. The van der Waals surface area contributed by atoms with Gasteiger partial charge in [-0.15, -0.1) is 6.58 Å². The van der Waals surface area contributed by atoms with Crippen LogP contribution in [0, 0.1) is 0 Å². The molecule has 0 spiro atoms. The Morgan fingerprint density at radius 3 is 2.21 bits per heavy atom. The monoisotopic (exact) mass is 280 g/mol. The van der Waals surface area contributed by atoms with Crippen LogP contribution in [0.15, 0.2) is 43.0 Å². The van der Waals surface area contributed by atoms with Gasteiger partial charge in [-0.05, 0) is 26.7 Å². The van der Waals surface area contributed by atoms with Crippen molar-refractivity contribution in [2.75, 3.05) is 19.8 Å². The predicted molar refractivity (Wildman–Crippen MR) is 80.5 cm³/mol. The van der Waals surface area contributed by atoms with E-state index >= 15 is 0 Å². The summed E-state index contributed by atoms with van der Waals surface area (Å²) in [7, 11) is -2.76. The molecule has 4 heteroatoms. The van der Waals surface area contributed by atoms with Crippen molar-refractivity contribution in [3.63, 3.8) is 0 Å². The minimum atomic E-state index is -2.76. The topological polar surface area (TPSA) is 27.7 Å². The fourth-order valence-corrected chi connectivity index (χ4v) is 4.36. The van der Waals surface area contributed by atoms with E-state index in [0.29, 0.717) is 19.8 Å². The summed E-state index contributed by atoms with van der Waals surface area (Å²) in [5, 5.41) is 1.03. The van der Waals surface area contributed by atoms with Gasteiger partial charge >= 0.3 is 8.80 Å². The summed E-state index contributed by atoms with van der Waals surface area (Å²) in [5.74, 6) is 0. The normalized spacial score (nSPS) is 11.5. The molecule has 0 heterocycles. The van der Waals surface area contributed by atoms with Crippen molar-refractivity contribution in [3.05, 3.63) is 43.0 Å². The summed E-state index contributed by atoms with van der Waals surface area (Å²) in [6, 6.07) is 10.00. The van der Waals surface area contributed by atoms with E-state index in [9.17, 15) is 0 Å². The minimum absolute atomic E-state index is 0.586. The molecular weight excluding hydrogens is 256 g/mol. The molecular formula is C15H24O3Si. The number of hydrogen-bond donors (Lipinski definition) is 0. The molecule has 0 unspecified atom stereocenters. The highest BCUT2D eigenvalue weighted by atomic mass is 28.4. The Kier molecular flexibility index (Phi) is 7.67. The Hall–Kier alpha value is -0.943. The number of benzene rings is 1. The Morgan fingerprint density at radius 2 is 1.68 bits per heavy atom. The second kappa shape index (κ2) is 9.04. The second-order valence-corrected chi connectivity index (χ2v) is 6.62. The first-order valence-corrected chi connectivity index (χ1v) is 8.59. The Morgan fingerprint density at radius 1 is 1.05 bits per heavy atom. The average molecular weight is 280 g/mol. The fourth-order valence-electron chi connectivity index (χ4n) is 1.83. The van der Waals surface area contributed by atoms with Gasteiger partial charge < -0.3 is 13.3 Å². The molecule has 0 N–H and O–H groups in total. The highest BCUT2D eigenvalue weighted by molar-refractivity contribution is 6.75. The zero-order chi connectivity index (χ0) is 14.0. The van der Waals surface area contributed by atoms with Crippen LogP contribution in [0.25, 0.3) is 0 Å². The van der Waals surface area contributed by atoms with Gasteiger partial charge in [-0.25, -0.2) is 0 Å². The molecule has 0 aliphatic heterocycles. The van der Waals surface area contributed by atoms with Gasteiger partial charge in [0.15, 0.2) is 0 Å². The number of hydrogen-bond acceptors (Lipinski definition) is 3. The molecule has 1 aromatic carbocycles. The standard InChI is InChI=1S/C15H24O3Si/c1-4-7-11-14-18-19(16-5-2,17-6-3)15-12-9-8-10-13-15/h4,8-10,12-13H,1,5-7,11,14H2,2-3H3. The molecule has 1 aromatic rings. The fraction of sp³-hybridized carbons (Fsp3) is 0.467. The van der Waals surface area contributed by atoms with Gasteiger partial charge in [-0.2, -0.15) is 0 Å². The zero-order valence-corrected chi connectivity index (χ0v) is 12.9. The van der Waals surface area contributed by atoms with Crippen LogP contribution in [0.2, 0.25) is 0 Å². The molecule has 0 fully saturated rings. The third-order valence-electron chi connectivity index (χ3n) is 2.64. The van der Waals surface area contributed by atoms with Crippen LogP contribution < -0.4 is 5.19 Å². The van der Waals surface area contributed by atoms with Gasteiger partial charge in [0, 0.05) is 25.0 Å². The van der Waals surface area contributed by atoms with E-state index in [1.165, 1.54) is 0 Å². The van der Waals surface area contributed by atoms with Crippen molar-refractivity contribution >= 4 is 14.0 Å². The summed E-state index contributed by atoms with van der Waals surface area (Å²) in [5.41, 5.74) is 0. The first kappa shape index (κ1) is 16.1. The van der Waals surface area contributed by atoms with Gasteiger partial charge in [0.05, 0.1) is 0 Å². The lowest BCUT2D eigenvalue weighted by Gasteiger charge is -2.29. The Bertz CT molecular complexity index is 348. The highest BCUT2D eigenvalue weighted by Crippen LogP contribution is 2.12. The van der Waals surface area contributed by atoms with Crippen molar-refractivity contribution in [2.24, 2.45) is 0 Å². The van der Waals surface area contributed by atoms with Crippen molar-refractivity contribution in [3.8, 4) is 0 Å². The van der Waals surface area contributed by atoms with E-state index in [1.807, 2.05) is 50.3 Å². The van der Waals surface area contributed by atoms with E-state index in [4.69, 9.17) is 13.3 Å². The van der Waals surface area contributed by atoms with Crippen LogP contribution in [0.5, 0.6) is 0 Å². The lowest BCUT2D eigenvalue weighted by Crippen LogP contribution is -2.57. The number of unbranched alkanes of at least 4 members (excludes halogenated alkanes) is 1. The van der Waals surface area contributed by atoms with Crippen LogP contribution >= 0.6 is 0 Å². The smallest absolute Gasteiger partial charge is 0.370 e. The Labute approximate surface area is 117 Å². The summed E-state index contributed by atoms with van der Waals surface area (Å²) in [4.78, 5) is 0. The summed E-state index contributed by atoms with van der Waals surface area (Å²) in [6.07, 6.45) is 3.78. The molecule has 0 saturated carbocycles. The van der Waals surface area contributed by atoms with Gasteiger partial charge in [-0.3, -0.25) is 0 Å². The largest absolute Gasteiger partial charge is 0.537 e. The summed E-state index contributed by atoms with van der Waals surface area (Å²) in [6.45, 7) is 9.46. The lowest BCUT2D eigenvalue weighted by molar-refractivity contribution is 0.0807. The van der Waals surface area contributed by atoms with Gasteiger partial charge in [-0.1, -0.05) is 36.4 Å². The molecule has 0 amide bonds. The maximum atomic E-state index is 6.05. The molecule has 3 nitrogen and oxygen atoms in total. The van der Waals surface area contributed by atoms with Gasteiger partial charge in [0.25, 0.3) is 0 Å². The molecule has 106 valence electrons. The Balaban J connectivity index is 2.83. The maximum absolute atomic E-state index is 6.05. The predicted octanol–water partition coefficient (Wildman–Crippen LogP) is 2.89. The second-order valence-electron chi connectivity index (χ2n) is 4.07. The molecule has 19 heavy (non-hydrogen) atoms. The molecule has 1 rings (SSSR count). The van der Waals surface area contributed by atoms with Gasteiger partial charge in [0.1, 0.15) is 0 Å². The molecule has 0 aliphatic carbocycles. The zero-order valence-electron chi connectivity index (χ0n) is 11.9. The van der Waals surface area contributed by atoms with Crippen LogP contribution in [-0.2, 0) is 13.3 Å². The maximum Gasteiger partial charge on any atom is 0.537 e. The number of rotatable bonds is 10. The molecule has 0 atom stereocenters. The van der Waals surface area contributed by atoms with E-state index in [0.717, 1.165) is 18.0 Å². The molecule has 0 aromatic heterocycles. The third kappa shape index (κ3) is 4.91. The van der Waals surface area contributed by atoms with Crippen molar-refractivity contribution < 1.29 is 13.3 Å². The van der Waals surface area contributed by atoms with Crippen molar-refractivity contribution in [2.45, 2.75) is 26.7 Å². The van der Waals surface area contributed by atoms with Crippen LogP contribution in [0.4, 0.5) is 0 Å². The van der Waals surface area contributed by atoms with Gasteiger partial charge in [0.2, 0.25) is 0 Å². The third-order valence-corrected chi connectivity index (χ3v) is 5.60. The van der Waals surface area contributed by atoms with E-state index < -0.39 is 8.80 Å². The van der Waals surface area contributed by atoms with Crippen LogP contribution in [0.1, 0.15) is 26.7 Å². The first-order valence-electron chi connectivity index (χ1n) is 6.87. The van der Waals surface area contributed by atoms with E-state index in [2.05, 4.69) is 6.58 Å².